The van der Waals surface area contributed by atoms with Crippen molar-refractivity contribution in [2.45, 2.75) is 122 Å². The van der Waals surface area contributed by atoms with Crippen molar-refractivity contribution in [3.05, 3.63) is 114 Å². The lowest BCUT2D eigenvalue weighted by molar-refractivity contribution is -0.172. The van der Waals surface area contributed by atoms with Crippen LogP contribution >= 0.6 is 0 Å². The molecule has 18 nitrogen and oxygen atoms in total. The number of carbonyl (C=O) groups excluding carboxylic acids is 3. The van der Waals surface area contributed by atoms with Gasteiger partial charge in [0.05, 0.1) is 58.0 Å². The van der Waals surface area contributed by atoms with E-state index < -0.39 is 23.1 Å². The molecule has 6 aromatic rings. The van der Waals surface area contributed by atoms with Crippen LogP contribution in [0.3, 0.4) is 0 Å². The fourth-order valence-corrected chi connectivity index (χ4v) is 12.1. The molecule has 4 aromatic heterocycles. The highest BCUT2D eigenvalue weighted by molar-refractivity contribution is 5.91. The van der Waals surface area contributed by atoms with Gasteiger partial charge in [0.1, 0.15) is 24.7 Å². The van der Waals surface area contributed by atoms with E-state index in [-0.39, 0.29) is 49.0 Å². The van der Waals surface area contributed by atoms with Gasteiger partial charge in [0.15, 0.2) is 11.2 Å². The fraction of sp³-hybridized carbons (Fsp3) is 0.446. The van der Waals surface area contributed by atoms with Gasteiger partial charge >= 0.3 is 18.0 Å². The van der Waals surface area contributed by atoms with Crippen LogP contribution in [0.15, 0.2) is 58.1 Å². The molecule has 6 aliphatic rings. The number of aromatic hydroxyl groups is 1. The van der Waals surface area contributed by atoms with Crippen LogP contribution in [-0.2, 0) is 69.5 Å². The van der Waals surface area contributed by atoms with Gasteiger partial charge in [-0.3, -0.25) is 9.59 Å². The van der Waals surface area contributed by atoms with E-state index in [0.29, 0.717) is 101 Å². The van der Waals surface area contributed by atoms with Gasteiger partial charge in [-0.15, -0.1) is 0 Å². The van der Waals surface area contributed by atoms with Crippen LogP contribution in [0.4, 0.5) is 4.79 Å². The Labute approximate surface area is 426 Å². The number of esters is 2. The summed E-state index contributed by atoms with van der Waals surface area (Å²) in [6, 6.07) is 14.8. The summed E-state index contributed by atoms with van der Waals surface area (Å²) in [5, 5.41) is 34.2. The third-order valence-electron chi connectivity index (χ3n) is 16.2. The number of hydrogen-bond donors (Lipinski definition) is 3. The summed E-state index contributed by atoms with van der Waals surface area (Å²) in [5.74, 6) is -0.798. The second-order valence-corrected chi connectivity index (χ2v) is 20.7. The number of hydrogen-bond acceptors (Lipinski definition) is 15. The molecule has 0 radical (unpaired) electrons. The first-order valence-electron chi connectivity index (χ1n) is 25.9. The number of aliphatic hydroxyl groups is 2. The molecule has 2 fully saturated rings. The number of benzene rings is 2. The van der Waals surface area contributed by atoms with Gasteiger partial charge in [-0.05, 0) is 126 Å². The lowest BCUT2D eigenvalue weighted by Gasteiger charge is -2.39. The van der Waals surface area contributed by atoms with Crippen LogP contribution in [0.5, 0.6) is 11.5 Å². The van der Waals surface area contributed by atoms with Crippen LogP contribution in [-0.4, -0.2) is 113 Å². The third kappa shape index (κ3) is 7.95. The van der Waals surface area contributed by atoms with Crippen LogP contribution in [0.2, 0.25) is 0 Å². The number of likely N-dealkylation sites (tertiary alicyclic amines) is 2. The highest BCUT2D eigenvalue weighted by atomic mass is 16.6. The first-order chi connectivity index (χ1) is 35.6. The normalized spacial score (nSPS) is 21.0. The van der Waals surface area contributed by atoms with E-state index in [1.807, 2.05) is 42.1 Å². The molecule has 18 heteroatoms. The number of phenolic OH excluding ortho intramolecular Hbond substituents is 1. The number of rotatable bonds is 7. The van der Waals surface area contributed by atoms with Crippen molar-refractivity contribution in [3.63, 3.8) is 0 Å². The van der Waals surface area contributed by atoms with Gasteiger partial charge in [-0.1, -0.05) is 27.2 Å². The zero-order valence-corrected chi connectivity index (χ0v) is 42.5. The van der Waals surface area contributed by atoms with Crippen LogP contribution in [0.25, 0.3) is 44.6 Å². The summed E-state index contributed by atoms with van der Waals surface area (Å²) >= 11 is 0. The fourth-order valence-electron chi connectivity index (χ4n) is 12.1. The first-order valence-corrected chi connectivity index (χ1v) is 25.9. The van der Waals surface area contributed by atoms with Crippen molar-refractivity contribution in [2.75, 3.05) is 40.3 Å². The zero-order chi connectivity index (χ0) is 52.0. The maximum atomic E-state index is 13.6. The van der Waals surface area contributed by atoms with Crippen molar-refractivity contribution in [3.8, 4) is 34.3 Å². The van der Waals surface area contributed by atoms with Gasteiger partial charge in [-0.2, -0.15) is 0 Å². The van der Waals surface area contributed by atoms with E-state index in [2.05, 4.69) is 11.8 Å². The minimum Gasteiger partial charge on any atom is -0.508 e. The molecule has 1 amide bonds. The number of amides is 1. The topological polar surface area (TPSA) is 219 Å². The summed E-state index contributed by atoms with van der Waals surface area (Å²) < 4.78 is 19.4. The summed E-state index contributed by atoms with van der Waals surface area (Å²) in [6.45, 7) is 10.1. The Kier molecular flexibility index (Phi) is 12.5. The van der Waals surface area contributed by atoms with Crippen LogP contribution < -0.4 is 15.9 Å². The molecular weight excluding hydrogens is 947 g/mol. The SMILES string of the molecule is CC[C@@]1(O)C(=O)OCc2c1cc1n(c2=O)Cc2cc3c(CN(C)C)c(O)ccc3nc2-1.CCc1c2c(nc3ccc(OC(=O)N4CCC(N5CCCCC5)CC4)cc13)-c1cc3c(c(=O)n1C2)COC(=O)[C@]3(O)CC. The Hall–Kier alpha value is -6.99. The number of cyclic esters (lactones) is 2. The minimum atomic E-state index is -1.86. The van der Waals surface area contributed by atoms with Gasteiger partial charge in [0.25, 0.3) is 11.1 Å². The van der Waals surface area contributed by atoms with E-state index in [0.717, 1.165) is 51.4 Å². The molecule has 2 saturated heterocycles. The molecule has 386 valence electrons. The molecule has 74 heavy (non-hydrogen) atoms. The highest BCUT2D eigenvalue weighted by Crippen LogP contribution is 2.43. The van der Waals surface area contributed by atoms with Crippen molar-refractivity contribution in [1.82, 2.24) is 33.8 Å². The van der Waals surface area contributed by atoms with Gasteiger partial charge in [0.2, 0.25) is 0 Å². The van der Waals surface area contributed by atoms with E-state index in [9.17, 15) is 39.3 Å². The predicted molar refractivity (Wildman–Crippen MR) is 274 cm³/mol. The number of piperidine rings is 2. The van der Waals surface area contributed by atoms with E-state index in [1.165, 1.54) is 32.4 Å². The lowest BCUT2D eigenvalue weighted by atomic mass is 9.86. The Bertz CT molecular complexity index is 3460. The number of aryl methyl sites for hydroxylation is 1. The standard InChI is InChI=1S/C33H38N4O6.C23H23N3O5/c1-3-22-23-16-21(43-32(40)36-14-10-20(11-15-36)35-12-6-5-7-13-35)8-9-27(23)34-29-24(22)18-37-28(29)17-26-25(30(37)38)19-42-31(39)33(26,41)4-2;1-4-23(30)16-8-18-20-12(9-26(18)21(28)15(16)11-31-22(23)29)7-13-14(10-25(2)3)19(27)6-5-17(13)24-20/h8-9,16-17,20,41H,3-7,10-15,18-19H2,1-2H3;5-8,27,30H,4,9-11H2,1-3H3/t33-;23-/m00/s1. The molecule has 0 saturated carbocycles. The van der Waals surface area contributed by atoms with Gasteiger partial charge < -0.3 is 53.4 Å². The number of nitrogens with zero attached hydrogens (tertiary/aromatic N) is 7. The Morgan fingerprint density at radius 2 is 1.28 bits per heavy atom. The molecule has 2 atom stereocenters. The number of ether oxygens (including phenoxy) is 3. The van der Waals surface area contributed by atoms with E-state index in [1.54, 1.807) is 53.3 Å². The molecule has 10 heterocycles. The van der Waals surface area contributed by atoms with Gasteiger partial charge in [-0.25, -0.2) is 24.4 Å². The maximum absolute atomic E-state index is 13.6. The van der Waals surface area contributed by atoms with Gasteiger partial charge in [0, 0.05) is 64.3 Å². The molecule has 3 N–H and O–H groups in total. The molecule has 0 aliphatic carbocycles. The number of pyridine rings is 4. The first kappa shape index (κ1) is 49.2. The number of fused-ring (bicyclic) bond motifs is 10. The lowest BCUT2D eigenvalue weighted by Crippen LogP contribution is -2.48. The van der Waals surface area contributed by atoms with Crippen molar-refractivity contribution in [2.24, 2.45) is 0 Å². The zero-order valence-electron chi connectivity index (χ0n) is 42.5. The minimum absolute atomic E-state index is 0.0951. The quantitative estimate of drug-likeness (QED) is 0.158. The van der Waals surface area contributed by atoms with Crippen LogP contribution in [0.1, 0.15) is 110 Å². The molecule has 2 aromatic carbocycles. The summed E-state index contributed by atoms with van der Waals surface area (Å²) in [7, 11) is 3.86. The summed E-state index contributed by atoms with van der Waals surface area (Å²) in [5.41, 5.74) is 4.41. The summed E-state index contributed by atoms with van der Waals surface area (Å²) in [6.07, 6.45) is 6.37. The average molecular weight is 1010 g/mol. The molecule has 6 aliphatic heterocycles. The predicted octanol–water partition coefficient (Wildman–Crippen LogP) is 5.94. The number of phenols is 1. The van der Waals surface area contributed by atoms with Crippen molar-refractivity contribution in [1.29, 1.82) is 0 Å². The second-order valence-electron chi connectivity index (χ2n) is 20.7. The molecule has 0 bridgehead atoms. The van der Waals surface area contributed by atoms with Crippen LogP contribution in [0, 0.1) is 0 Å². The maximum Gasteiger partial charge on any atom is 0.415 e. The van der Waals surface area contributed by atoms with Crippen molar-refractivity contribution >= 4 is 39.8 Å². The Balaban J connectivity index is 0.000000168. The smallest absolute Gasteiger partial charge is 0.415 e. The molecular formula is C56H61N7O11. The monoisotopic (exact) mass is 1010 g/mol. The van der Waals surface area contributed by atoms with Crippen molar-refractivity contribution < 1.29 is 43.9 Å². The number of aromatic nitrogens is 4. The van der Waals surface area contributed by atoms with E-state index in [4.69, 9.17) is 24.2 Å². The summed E-state index contributed by atoms with van der Waals surface area (Å²) in [4.78, 5) is 80.8. The molecule has 0 spiro atoms. The largest absolute Gasteiger partial charge is 0.508 e. The molecule has 12 rings (SSSR count). The number of carbonyl (C=O) groups is 3. The second kappa shape index (κ2) is 18.7. The highest BCUT2D eigenvalue weighted by Gasteiger charge is 2.47. The van der Waals surface area contributed by atoms with E-state index >= 15 is 0 Å². The average Bonchev–Trinajstić information content (AvgIpc) is 3.97. The molecule has 0 unspecified atom stereocenters. The third-order valence-corrected chi connectivity index (χ3v) is 16.2. The Morgan fingerprint density at radius 3 is 1.88 bits per heavy atom. The Morgan fingerprint density at radius 1 is 0.716 bits per heavy atom.